The first kappa shape index (κ1) is 17.9. The van der Waals surface area contributed by atoms with Crippen LogP contribution in [0.1, 0.15) is 12.5 Å². The number of aromatic nitrogens is 6. The topological polar surface area (TPSA) is 137 Å². The molecule has 150 valence electrons. The number of anilines is 1. The molecule has 5 rings (SSSR count). The zero-order chi connectivity index (χ0) is 20.9. The highest BCUT2D eigenvalue weighted by Crippen LogP contribution is 2.29. The lowest BCUT2D eigenvalue weighted by atomic mass is 9.93. The Labute approximate surface area is 169 Å². The van der Waals surface area contributed by atoms with Crippen LogP contribution in [0.15, 0.2) is 59.3 Å². The monoisotopic (exact) mass is 403 g/mol. The van der Waals surface area contributed by atoms with Gasteiger partial charge in [0.05, 0.1) is 17.8 Å². The maximum Gasteiger partial charge on any atom is 0.331 e. The fourth-order valence-corrected chi connectivity index (χ4v) is 3.52. The molecule has 0 spiro atoms. The third kappa shape index (κ3) is 2.61. The molecule has 0 bridgehead atoms. The van der Waals surface area contributed by atoms with E-state index in [2.05, 4.69) is 20.2 Å². The molecule has 10 heteroatoms. The number of carboxylic acids is 1. The van der Waals surface area contributed by atoms with E-state index in [4.69, 9.17) is 10.2 Å². The summed E-state index contributed by atoms with van der Waals surface area (Å²) in [5.74, 6) is -0.136. The first-order chi connectivity index (χ1) is 14.5. The molecule has 0 saturated carbocycles. The number of rotatable bonds is 5. The van der Waals surface area contributed by atoms with Crippen molar-refractivity contribution in [3.63, 3.8) is 0 Å². The van der Waals surface area contributed by atoms with E-state index in [0.717, 1.165) is 5.56 Å². The van der Waals surface area contributed by atoms with Crippen LogP contribution < -0.4 is 5.73 Å². The van der Waals surface area contributed by atoms with E-state index in [9.17, 15) is 9.90 Å². The Morgan fingerprint density at radius 1 is 1.17 bits per heavy atom. The van der Waals surface area contributed by atoms with Crippen molar-refractivity contribution in [1.82, 2.24) is 29.4 Å². The van der Waals surface area contributed by atoms with Crippen LogP contribution >= 0.6 is 0 Å². The minimum Gasteiger partial charge on any atom is -0.479 e. The number of nitrogens with zero attached hydrogens (tertiary/aromatic N) is 6. The second-order valence-corrected chi connectivity index (χ2v) is 7.15. The van der Waals surface area contributed by atoms with E-state index < -0.39 is 11.5 Å². The predicted octanol–water partition coefficient (Wildman–Crippen LogP) is 2.36. The summed E-state index contributed by atoms with van der Waals surface area (Å²) in [4.78, 5) is 21.2. The van der Waals surface area contributed by atoms with Gasteiger partial charge in [-0.05, 0) is 24.6 Å². The molecule has 1 atom stereocenters. The Hall–Kier alpha value is -4.21. The average molecular weight is 403 g/mol. The molecule has 1 unspecified atom stereocenters. The highest BCUT2D eigenvalue weighted by molar-refractivity contribution is 5.92. The van der Waals surface area contributed by atoms with Gasteiger partial charge in [-0.2, -0.15) is 14.6 Å². The molecule has 4 heterocycles. The van der Waals surface area contributed by atoms with Crippen molar-refractivity contribution >= 4 is 28.6 Å². The Morgan fingerprint density at radius 2 is 1.97 bits per heavy atom. The highest BCUT2D eigenvalue weighted by Gasteiger charge is 2.38. The number of hydrogen-bond donors (Lipinski definition) is 2. The molecule has 0 aliphatic carbocycles. The molecule has 5 aromatic rings. The molecule has 0 saturated heterocycles. The number of nitrogen functional groups attached to an aromatic ring is 1. The van der Waals surface area contributed by atoms with Gasteiger partial charge in [-0.15, -0.1) is 5.10 Å². The van der Waals surface area contributed by atoms with Gasteiger partial charge in [-0.3, -0.25) is 0 Å². The Balaban J connectivity index is 1.70. The van der Waals surface area contributed by atoms with Crippen LogP contribution in [-0.2, 0) is 16.8 Å². The van der Waals surface area contributed by atoms with Crippen molar-refractivity contribution in [2.24, 2.45) is 0 Å². The van der Waals surface area contributed by atoms with Crippen molar-refractivity contribution in [1.29, 1.82) is 0 Å². The van der Waals surface area contributed by atoms with Crippen LogP contribution in [0.2, 0.25) is 0 Å². The zero-order valence-electron chi connectivity index (χ0n) is 15.9. The van der Waals surface area contributed by atoms with Crippen LogP contribution in [0.25, 0.3) is 28.3 Å². The number of furan rings is 1. The van der Waals surface area contributed by atoms with Crippen molar-refractivity contribution in [2.45, 2.75) is 18.9 Å². The third-order valence-electron chi connectivity index (χ3n) is 5.09. The standard InChI is InChI=1S/C20H17N7O3/c1-20(18(28)29,10-12-6-3-2-4-7-12)27-17-13(11-22-27)16-23-15(14-8-5-9-30-14)25-26(16)19(21)24-17/h2-9,11H,10H2,1H3,(H2,21,24)(H,28,29). The van der Waals surface area contributed by atoms with Crippen molar-refractivity contribution in [3.05, 3.63) is 60.5 Å². The van der Waals surface area contributed by atoms with Gasteiger partial charge in [0, 0.05) is 6.42 Å². The van der Waals surface area contributed by atoms with Crippen molar-refractivity contribution in [2.75, 3.05) is 5.73 Å². The van der Waals surface area contributed by atoms with Crippen molar-refractivity contribution in [3.8, 4) is 11.6 Å². The van der Waals surface area contributed by atoms with Gasteiger partial charge >= 0.3 is 5.97 Å². The molecule has 4 aromatic heterocycles. The number of carbonyl (C=O) groups is 1. The van der Waals surface area contributed by atoms with Crippen LogP contribution in [0.5, 0.6) is 0 Å². The largest absolute Gasteiger partial charge is 0.479 e. The first-order valence-electron chi connectivity index (χ1n) is 9.19. The molecule has 30 heavy (non-hydrogen) atoms. The normalized spacial score (nSPS) is 13.6. The third-order valence-corrected chi connectivity index (χ3v) is 5.09. The van der Waals surface area contributed by atoms with Crippen LogP contribution in [0.4, 0.5) is 5.95 Å². The van der Waals surface area contributed by atoms with Gasteiger partial charge in [-0.25, -0.2) is 14.5 Å². The van der Waals surface area contributed by atoms with E-state index in [-0.39, 0.29) is 12.4 Å². The summed E-state index contributed by atoms with van der Waals surface area (Å²) in [5, 5.41) is 19.3. The fourth-order valence-electron chi connectivity index (χ4n) is 3.52. The fraction of sp³-hybridized carbons (Fsp3) is 0.150. The number of carboxylic acid groups (broad SMARTS) is 1. The lowest BCUT2D eigenvalue weighted by Gasteiger charge is -2.26. The molecule has 10 nitrogen and oxygen atoms in total. The second-order valence-electron chi connectivity index (χ2n) is 7.15. The first-order valence-corrected chi connectivity index (χ1v) is 9.19. The number of hydrogen-bond acceptors (Lipinski definition) is 7. The number of benzene rings is 1. The molecule has 1 aromatic carbocycles. The summed E-state index contributed by atoms with van der Waals surface area (Å²) in [5.41, 5.74) is 6.34. The Kier molecular flexibility index (Phi) is 3.82. The smallest absolute Gasteiger partial charge is 0.331 e. The summed E-state index contributed by atoms with van der Waals surface area (Å²) >= 11 is 0. The molecule has 0 aliphatic heterocycles. The molecule has 0 aliphatic rings. The Bertz CT molecular complexity index is 1370. The summed E-state index contributed by atoms with van der Waals surface area (Å²) in [6.07, 6.45) is 3.28. The van der Waals surface area contributed by atoms with Crippen molar-refractivity contribution < 1.29 is 14.3 Å². The molecular formula is C20H17N7O3. The summed E-state index contributed by atoms with van der Waals surface area (Å²) < 4.78 is 8.13. The summed E-state index contributed by atoms with van der Waals surface area (Å²) in [6, 6.07) is 12.8. The quantitative estimate of drug-likeness (QED) is 0.456. The summed E-state index contributed by atoms with van der Waals surface area (Å²) in [7, 11) is 0. The van der Waals surface area contributed by atoms with E-state index in [1.165, 1.54) is 21.7 Å². The Morgan fingerprint density at radius 3 is 2.67 bits per heavy atom. The van der Waals surface area contributed by atoms with Gasteiger partial charge in [0.25, 0.3) is 0 Å². The maximum atomic E-state index is 12.3. The van der Waals surface area contributed by atoms with Gasteiger partial charge in [0.15, 0.2) is 22.6 Å². The second kappa shape index (κ2) is 6.41. The molecular weight excluding hydrogens is 386 g/mol. The average Bonchev–Trinajstić information content (AvgIpc) is 3.47. The molecule has 0 radical (unpaired) electrons. The van der Waals surface area contributed by atoms with Gasteiger partial charge in [0.1, 0.15) is 0 Å². The predicted molar refractivity (Wildman–Crippen MR) is 108 cm³/mol. The van der Waals surface area contributed by atoms with Crippen LogP contribution in [0.3, 0.4) is 0 Å². The molecule has 0 amide bonds. The van der Waals surface area contributed by atoms with E-state index in [0.29, 0.717) is 28.3 Å². The zero-order valence-corrected chi connectivity index (χ0v) is 15.9. The maximum absolute atomic E-state index is 12.3. The number of aliphatic carboxylic acids is 1. The van der Waals surface area contributed by atoms with Gasteiger partial charge in [-0.1, -0.05) is 30.3 Å². The van der Waals surface area contributed by atoms with Gasteiger partial charge < -0.3 is 15.3 Å². The van der Waals surface area contributed by atoms with Gasteiger partial charge in [0.2, 0.25) is 11.8 Å². The van der Waals surface area contributed by atoms with E-state index in [1.807, 2.05) is 30.3 Å². The molecule has 0 fully saturated rings. The van der Waals surface area contributed by atoms with Crippen LogP contribution in [-0.4, -0.2) is 40.4 Å². The number of nitrogens with two attached hydrogens (primary N) is 1. The van der Waals surface area contributed by atoms with E-state index in [1.54, 1.807) is 19.1 Å². The van der Waals surface area contributed by atoms with Crippen LogP contribution in [0, 0.1) is 0 Å². The minimum atomic E-state index is -1.38. The SMILES string of the molecule is CC(Cc1ccccc1)(C(=O)O)n1ncc2c1nc(N)n1nc(-c3ccco3)nc21. The summed E-state index contributed by atoms with van der Waals surface area (Å²) in [6.45, 7) is 1.61. The lowest BCUT2D eigenvalue weighted by molar-refractivity contribution is -0.147. The molecule has 3 N–H and O–H groups in total. The minimum absolute atomic E-state index is 0.0667. The lowest BCUT2D eigenvalue weighted by Crippen LogP contribution is -2.42. The van der Waals surface area contributed by atoms with E-state index >= 15 is 0 Å². The highest BCUT2D eigenvalue weighted by atomic mass is 16.4. The number of fused-ring (bicyclic) bond motifs is 3.